The van der Waals surface area contributed by atoms with Crippen molar-refractivity contribution in [1.82, 2.24) is 5.32 Å². The molecule has 1 aromatic carbocycles. The zero-order chi connectivity index (χ0) is 14.4. The van der Waals surface area contributed by atoms with Crippen molar-refractivity contribution in [3.63, 3.8) is 0 Å². The van der Waals surface area contributed by atoms with Crippen LogP contribution in [0.2, 0.25) is 5.02 Å². The molecule has 1 aliphatic carbocycles. The van der Waals surface area contributed by atoms with Crippen LogP contribution in [0.15, 0.2) is 24.3 Å². The topological polar surface area (TPSA) is 55.1 Å². The third-order valence-electron chi connectivity index (χ3n) is 4.04. The first-order chi connectivity index (χ1) is 9.60. The largest absolute Gasteiger partial charge is 0.354 e. The summed E-state index contributed by atoms with van der Waals surface area (Å²) in [5, 5.41) is 3.74. The number of nitrogens with one attached hydrogen (secondary N) is 1. The molecule has 0 heterocycles. The van der Waals surface area contributed by atoms with Crippen LogP contribution in [-0.4, -0.2) is 18.0 Å². The van der Waals surface area contributed by atoms with E-state index in [-0.39, 0.29) is 5.91 Å². The summed E-state index contributed by atoms with van der Waals surface area (Å²) in [6.45, 7) is 0.681. The summed E-state index contributed by atoms with van der Waals surface area (Å²) in [5.41, 5.74) is 6.80. The molecule has 0 atom stereocenters. The number of amides is 1. The zero-order valence-corrected chi connectivity index (χ0v) is 12.6. The fourth-order valence-electron chi connectivity index (χ4n) is 2.73. The highest BCUT2D eigenvalue weighted by Gasteiger charge is 2.34. The minimum Gasteiger partial charge on any atom is -0.354 e. The lowest BCUT2D eigenvalue weighted by molar-refractivity contribution is -0.127. The highest BCUT2D eigenvalue weighted by molar-refractivity contribution is 6.30. The van der Waals surface area contributed by atoms with Crippen LogP contribution in [0.4, 0.5) is 0 Å². The van der Waals surface area contributed by atoms with Gasteiger partial charge in [0.15, 0.2) is 0 Å². The summed E-state index contributed by atoms with van der Waals surface area (Å²) >= 11 is 5.85. The minimum absolute atomic E-state index is 0.0216. The van der Waals surface area contributed by atoms with E-state index in [0.29, 0.717) is 6.54 Å². The van der Waals surface area contributed by atoms with Gasteiger partial charge in [-0.25, -0.2) is 0 Å². The third kappa shape index (κ3) is 4.22. The van der Waals surface area contributed by atoms with Crippen molar-refractivity contribution < 1.29 is 4.79 Å². The van der Waals surface area contributed by atoms with Crippen molar-refractivity contribution >= 4 is 17.5 Å². The van der Waals surface area contributed by atoms with Gasteiger partial charge in [-0.15, -0.1) is 0 Å². The van der Waals surface area contributed by atoms with E-state index in [1.807, 2.05) is 24.3 Å². The Balaban J connectivity index is 1.70. The van der Waals surface area contributed by atoms with Crippen LogP contribution in [0.5, 0.6) is 0 Å². The fraction of sp³-hybridized carbons (Fsp3) is 0.562. The molecule has 3 nitrogen and oxygen atoms in total. The van der Waals surface area contributed by atoms with E-state index >= 15 is 0 Å². The van der Waals surface area contributed by atoms with Gasteiger partial charge >= 0.3 is 0 Å². The van der Waals surface area contributed by atoms with Crippen molar-refractivity contribution in [2.24, 2.45) is 5.73 Å². The molecule has 3 N–H and O–H groups in total. The number of hydrogen-bond acceptors (Lipinski definition) is 2. The molecular weight excluding hydrogens is 272 g/mol. The van der Waals surface area contributed by atoms with Crippen molar-refractivity contribution in [2.75, 3.05) is 6.54 Å². The van der Waals surface area contributed by atoms with Crippen molar-refractivity contribution in [3.8, 4) is 0 Å². The number of hydrogen-bond donors (Lipinski definition) is 2. The molecule has 0 spiro atoms. The molecule has 0 unspecified atom stereocenters. The molecule has 0 radical (unpaired) electrons. The Morgan fingerprint density at radius 1 is 1.20 bits per heavy atom. The van der Waals surface area contributed by atoms with Gasteiger partial charge in [0.05, 0.1) is 5.54 Å². The first kappa shape index (κ1) is 15.3. The van der Waals surface area contributed by atoms with Crippen LogP contribution in [0.25, 0.3) is 0 Å². The number of benzene rings is 1. The van der Waals surface area contributed by atoms with Crippen molar-refractivity contribution in [3.05, 3.63) is 34.9 Å². The predicted molar refractivity (Wildman–Crippen MR) is 82.8 cm³/mol. The van der Waals surface area contributed by atoms with E-state index in [4.69, 9.17) is 17.3 Å². The average molecular weight is 295 g/mol. The molecule has 110 valence electrons. The van der Waals surface area contributed by atoms with E-state index in [2.05, 4.69) is 5.32 Å². The minimum atomic E-state index is -0.626. The van der Waals surface area contributed by atoms with Gasteiger partial charge in [-0.1, -0.05) is 43.0 Å². The van der Waals surface area contributed by atoms with Gasteiger partial charge < -0.3 is 11.1 Å². The predicted octanol–water partition coefficient (Wildman–Crippen LogP) is 3.05. The second kappa shape index (κ2) is 7.09. The Kier molecular flexibility index (Phi) is 5.44. The monoisotopic (exact) mass is 294 g/mol. The summed E-state index contributed by atoms with van der Waals surface area (Å²) in [5.74, 6) is 0.0216. The number of carbonyl (C=O) groups is 1. The normalized spacial score (nSPS) is 17.7. The van der Waals surface area contributed by atoms with Crippen molar-refractivity contribution in [1.29, 1.82) is 0 Å². The maximum atomic E-state index is 12.1. The number of halogens is 1. The highest BCUT2D eigenvalue weighted by atomic mass is 35.5. The lowest BCUT2D eigenvalue weighted by atomic mass is 9.82. The zero-order valence-electron chi connectivity index (χ0n) is 11.8. The molecule has 0 bridgehead atoms. The third-order valence-corrected chi connectivity index (χ3v) is 4.29. The number of rotatable bonds is 5. The van der Waals surface area contributed by atoms with E-state index in [9.17, 15) is 4.79 Å². The van der Waals surface area contributed by atoms with Gasteiger partial charge in [0.25, 0.3) is 0 Å². The first-order valence-electron chi connectivity index (χ1n) is 7.42. The fourth-order valence-corrected chi connectivity index (χ4v) is 2.86. The number of nitrogens with two attached hydrogens (primary N) is 1. The summed E-state index contributed by atoms with van der Waals surface area (Å²) in [4.78, 5) is 12.1. The Morgan fingerprint density at radius 2 is 1.85 bits per heavy atom. The smallest absolute Gasteiger partial charge is 0.240 e. The van der Waals surface area contributed by atoms with Crippen LogP contribution in [0, 0.1) is 0 Å². The maximum absolute atomic E-state index is 12.1. The molecule has 0 aliphatic heterocycles. The standard InChI is InChI=1S/C16H23ClN2O/c17-14-8-6-13(7-9-14)5-4-12-19-15(20)16(18)10-2-1-3-11-16/h6-9H,1-5,10-12,18H2,(H,19,20). The number of carbonyl (C=O) groups excluding carboxylic acids is 1. The van der Waals surface area contributed by atoms with E-state index in [1.54, 1.807) is 0 Å². The van der Waals surface area contributed by atoms with Gasteiger partial charge in [-0.2, -0.15) is 0 Å². The molecule has 20 heavy (non-hydrogen) atoms. The molecular formula is C16H23ClN2O. The Morgan fingerprint density at radius 3 is 2.50 bits per heavy atom. The summed E-state index contributed by atoms with van der Waals surface area (Å²) < 4.78 is 0. The Labute approximate surface area is 125 Å². The van der Waals surface area contributed by atoms with E-state index < -0.39 is 5.54 Å². The van der Waals surface area contributed by atoms with Crippen LogP contribution in [-0.2, 0) is 11.2 Å². The van der Waals surface area contributed by atoms with Gasteiger partial charge in [-0.05, 0) is 43.4 Å². The van der Waals surface area contributed by atoms with Gasteiger partial charge in [0.1, 0.15) is 0 Å². The van der Waals surface area contributed by atoms with Crippen LogP contribution in [0.3, 0.4) is 0 Å². The SMILES string of the molecule is NC1(C(=O)NCCCc2ccc(Cl)cc2)CCCCC1. The van der Waals surface area contributed by atoms with Gasteiger partial charge in [0.2, 0.25) is 5.91 Å². The summed E-state index contributed by atoms with van der Waals surface area (Å²) in [6.07, 6.45) is 6.82. The van der Waals surface area contributed by atoms with E-state index in [1.165, 1.54) is 12.0 Å². The van der Waals surface area contributed by atoms with E-state index in [0.717, 1.165) is 43.5 Å². The highest BCUT2D eigenvalue weighted by Crippen LogP contribution is 2.25. The van der Waals surface area contributed by atoms with Crippen molar-refractivity contribution in [2.45, 2.75) is 50.5 Å². The summed E-state index contributed by atoms with van der Waals surface area (Å²) in [6, 6.07) is 7.84. The molecule has 1 amide bonds. The molecule has 0 saturated heterocycles. The lowest BCUT2D eigenvalue weighted by Gasteiger charge is -2.31. The van der Waals surface area contributed by atoms with Crippen LogP contribution >= 0.6 is 11.6 Å². The second-order valence-electron chi connectivity index (χ2n) is 5.70. The van der Waals surface area contributed by atoms with Crippen LogP contribution < -0.4 is 11.1 Å². The van der Waals surface area contributed by atoms with Gasteiger partial charge in [0, 0.05) is 11.6 Å². The molecule has 2 rings (SSSR count). The van der Waals surface area contributed by atoms with Gasteiger partial charge in [-0.3, -0.25) is 4.79 Å². The lowest BCUT2D eigenvalue weighted by Crippen LogP contribution is -2.55. The second-order valence-corrected chi connectivity index (χ2v) is 6.14. The Bertz CT molecular complexity index is 438. The molecule has 0 aromatic heterocycles. The molecule has 1 fully saturated rings. The number of aryl methyl sites for hydroxylation is 1. The molecule has 1 aromatic rings. The first-order valence-corrected chi connectivity index (χ1v) is 7.80. The molecule has 4 heteroatoms. The summed E-state index contributed by atoms with van der Waals surface area (Å²) in [7, 11) is 0. The maximum Gasteiger partial charge on any atom is 0.240 e. The molecule has 1 aliphatic rings. The molecule has 1 saturated carbocycles. The quantitative estimate of drug-likeness (QED) is 0.820. The average Bonchev–Trinajstić information content (AvgIpc) is 2.46. The van der Waals surface area contributed by atoms with Crippen LogP contribution in [0.1, 0.15) is 44.1 Å². The Hall–Kier alpha value is -1.06.